The van der Waals surface area contributed by atoms with Crippen molar-refractivity contribution in [1.29, 1.82) is 0 Å². The number of unbranched alkanes of at least 4 members (excludes halogenated alkanes) is 7. The van der Waals surface area contributed by atoms with Gasteiger partial charge in [-0.2, -0.15) is 5.10 Å². The molecule has 0 aromatic rings. The highest BCUT2D eigenvalue weighted by Crippen LogP contribution is 2.48. The van der Waals surface area contributed by atoms with Gasteiger partial charge in [0.05, 0.1) is 0 Å². The summed E-state index contributed by atoms with van der Waals surface area (Å²) in [6.07, 6.45) is 16.3. The van der Waals surface area contributed by atoms with E-state index in [2.05, 4.69) is 24.4 Å². The minimum atomic E-state index is 0.0958. The second kappa shape index (κ2) is 10.1. The van der Waals surface area contributed by atoms with Crippen LogP contribution in [0.15, 0.2) is 5.10 Å². The first kappa shape index (κ1) is 18.5. The van der Waals surface area contributed by atoms with Gasteiger partial charge in [0.1, 0.15) is 0 Å². The molecule has 0 aromatic carbocycles. The van der Waals surface area contributed by atoms with E-state index in [1.807, 2.05) is 0 Å². The number of amides is 1. The molecule has 3 unspecified atom stereocenters. The van der Waals surface area contributed by atoms with Crippen molar-refractivity contribution in [3.05, 3.63) is 0 Å². The fourth-order valence-corrected chi connectivity index (χ4v) is 4.47. The number of fused-ring (bicyclic) bond motifs is 2. The Labute approximate surface area is 142 Å². The first-order valence-corrected chi connectivity index (χ1v) is 10.0. The quantitative estimate of drug-likeness (QED) is 0.307. The molecular formula is C20H36N2O. The summed E-state index contributed by atoms with van der Waals surface area (Å²) in [6, 6.07) is 0. The Balaban J connectivity index is 1.50. The van der Waals surface area contributed by atoms with E-state index in [-0.39, 0.29) is 5.91 Å². The van der Waals surface area contributed by atoms with Gasteiger partial charge in [0.2, 0.25) is 5.91 Å². The number of hydrogen-bond donors (Lipinski definition) is 1. The highest BCUT2D eigenvalue weighted by Gasteiger charge is 2.40. The number of nitrogens with one attached hydrogen (secondary N) is 1. The maximum atomic E-state index is 11.9. The van der Waals surface area contributed by atoms with E-state index in [0.717, 1.165) is 24.0 Å². The maximum absolute atomic E-state index is 11.9. The van der Waals surface area contributed by atoms with E-state index >= 15 is 0 Å². The Bertz CT molecular complexity index is 391. The van der Waals surface area contributed by atoms with Crippen LogP contribution in [0, 0.1) is 17.8 Å². The Hall–Kier alpha value is -0.860. The molecule has 0 heterocycles. The fourth-order valence-electron chi connectivity index (χ4n) is 4.47. The molecule has 23 heavy (non-hydrogen) atoms. The number of carbonyl (C=O) groups excluding carboxylic acids is 1. The average Bonchev–Trinajstić information content (AvgIpc) is 3.18. The number of hydrogen-bond acceptors (Lipinski definition) is 2. The first-order chi connectivity index (χ1) is 11.2. The van der Waals surface area contributed by atoms with Gasteiger partial charge in [-0.05, 0) is 44.4 Å². The summed E-state index contributed by atoms with van der Waals surface area (Å²) in [5.41, 5.74) is 3.94. The summed E-state index contributed by atoms with van der Waals surface area (Å²) in [4.78, 5) is 11.9. The van der Waals surface area contributed by atoms with Crippen LogP contribution >= 0.6 is 0 Å². The molecule has 1 amide bonds. The molecule has 132 valence electrons. The normalized spacial score (nSPS) is 26.7. The molecule has 1 N–H and O–H groups in total. The Morgan fingerprint density at radius 3 is 2.30 bits per heavy atom. The van der Waals surface area contributed by atoms with Crippen molar-refractivity contribution < 1.29 is 4.79 Å². The van der Waals surface area contributed by atoms with Gasteiger partial charge in [-0.15, -0.1) is 0 Å². The Kier molecular flexibility index (Phi) is 8.11. The molecule has 0 spiro atoms. The molecule has 2 bridgehead atoms. The molecule has 0 aliphatic heterocycles. The van der Waals surface area contributed by atoms with E-state index < -0.39 is 0 Å². The Morgan fingerprint density at radius 2 is 1.70 bits per heavy atom. The summed E-state index contributed by atoms with van der Waals surface area (Å²) < 4.78 is 0. The lowest BCUT2D eigenvalue weighted by molar-refractivity contribution is -0.121. The minimum Gasteiger partial charge on any atom is -0.273 e. The van der Waals surface area contributed by atoms with Crippen molar-refractivity contribution in [2.45, 2.75) is 97.3 Å². The van der Waals surface area contributed by atoms with Crippen LogP contribution in [0.1, 0.15) is 97.3 Å². The van der Waals surface area contributed by atoms with Gasteiger partial charge in [-0.25, -0.2) is 5.43 Å². The highest BCUT2D eigenvalue weighted by molar-refractivity contribution is 5.86. The van der Waals surface area contributed by atoms with E-state index in [4.69, 9.17) is 0 Å². The van der Waals surface area contributed by atoms with Gasteiger partial charge < -0.3 is 0 Å². The lowest BCUT2D eigenvalue weighted by Gasteiger charge is -2.21. The molecule has 0 saturated heterocycles. The molecule has 2 aliphatic carbocycles. The zero-order valence-electron chi connectivity index (χ0n) is 15.3. The number of rotatable bonds is 11. The lowest BCUT2D eigenvalue weighted by Crippen LogP contribution is -2.24. The van der Waals surface area contributed by atoms with Crippen LogP contribution in [0.25, 0.3) is 0 Å². The van der Waals surface area contributed by atoms with Gasteiger partial charge in [0.15, 0.2) is 0 Å². The third-order valence-corrected chi connectivity index (χ3v) is 5.89. The molecule has 0 radical (unpaired) electrons. The van der Waals surface area contributed by atoms with E-state index in [1.165, 1.54) is 70.6 Å². The summed E-state index contributed by atoms with van der Waals surface area (Å²) in [5, 5.41) is 4.39. The molecule has 3 heteroatoms. The van der Waals surface area contributed by atoms with Crippen molar-refractivity contribution in [3.63, 3.8) is 0 Å². The van der Waals surface area contributed by atoms with Crippen LogP contribution in [0.2, 0.25) is 0 Å². The van der Waals surface area contributed by atoms with E-state index in [0.29, 0.717) is 12.3 Å². The summed E-state index contributed by atoms with van der Waals surface area (Å²) >= 11 is 0. The van der Waals surface area contributed by atoms with Gasteiger partial charge in [0.25, 0.3) is 0 Å². The molecule has 0 aromatic heterocycles. The average molecular weight is 321 g/mol. The maximum Gasteiger partial charge on any atom is 0.240 e. The van der Waals surface area contributed by atoms with Crippen molar-refractivity contribution >= 4 is 11.6 Å². The van der Waals surface area contributed by atoms with Gasteiger partial charge in [0, 0.05) is 18.1 Å². The van der Waals surface area contributed by atoms with Crippen LogP contribution in [0.3, 0.4) is 0 Å². The topological polar surface area (TPSA) is 41.5 Å². The number of hydrazone groups is 1. The molecule has 2 saturated carbocycles. The smallest absolute Gasteiger partial charge is 0.240 e. The van der Waals surface area contributed by atoms with E-state index in [9.17, 15) is 4.79 Å². The highest BCUT2D eigenvalue weighted by atomic mass is 16.2. The predicted octanol–water partition coefficient (Wildman–Crippen LogP) is 5.45. The Morgan fingerprint density at radius 1 is 1.00 bits per heavy atom. The first-order valence-electron chi connectivity index (χ1n) is 10.0. The van der Waals surface area contributed by atoms with Gasteiger partial charge >= 0.3 is 0 Å². The second-order valence-corrected chi connectivity index (χ2v) is 7.79. The number of carbonyl (C=O) groups is 1. The third-order valence-electron chi connectivity index (χ3n) is 5.89. The van der Waals surface area contributed by atoms with Gasteiger partial charge in [-0.1, -0.05) is 58.3 Å². The minimum absolute atomic E-state index is 0.0958. The predicted molar refractivity (Wildman–Crippen MR) is 97.4 cm³/mol. The fraction of sp³-hybridized carbons (Fsp3) is 0.900. The lowest BCUT2D eigenvalue weighted by atomic mass is 9.86. The zero-order chi connectivity index (χ0) is 16.5. The van der Waals surface area contributed by atoms with Crippen LogP contribution in [0.5, 0.6) is 0 Å². The third kappa shape index (κ3) is 6.27. The molecule has 2 rings (SSSR count). The van der Waals surface area contributed by atoms with Crippen LogP contribution < -0.4 is 5.43 Å². The van der Waals surface area contributed by atoms with Crippen molar-refractivity contribution in [1.82, 2.24) is 5.43 Å². The molecular weight excluding hydrogens is 284 g/mol. The SMILES string of the molecule is CCCCCCCCCCC(=O)N/N=C(\C)C1CC2CCC1C2. The van der Waals surface area contributed by atoms with Crippen molar-refractivity contribution in [2.75, 3.05) is 0 Å². The van der Waals surface area contributed by atoms with Crippen LogP contribution in [0.4, 0.5) is 0 Å². The number of nitrogens with zero attached hydrogens (tertiary/aromatic N) is 1. The van der Waals surface area contributed by atoms with E-state index in [1.54, 1.807) is 0 Å². The molecule has 3 nitrogen and oxygen atoms in total. The monoisotopic (exact) mass is 320 g/mol. The van der Waals surface area contributed by atoms with Crippen molar-refractivity contribution in [2.24, 2.45) is 22.9 Å². The van der Waals surface area contributed by atoms with Crippen molar-refractivity contribution in [3.8, 4) is 0 Å². The summed E-state index contributed by atoms with van der Waals surface area (Å²) in [6.45, 7) is 4.35. The standard InChI is InChI=1S/C20H36N2O/c1-3-4-5-6-7-8-9-10-11-20(23)22-21-16(2)19-15-17-12-13-18(19)14-17/h17-19H,3-15H2,1-2H3,(H,22,23)/b21-16+. The largest absolute Gasteiger partial charge is 0.273 e. The molecule has 2 fully saturated rings. The molecule has 2 aliphatic rings. The second-order valence-electron chi connectivity index (χ2n) is 7.79. The molecule has 3 atom stereocenters. The van der Waals surface area contributed by atoms with Crippen LogP contribution in [-0.4, -0.2) is 11.6 Å². The summed E-state index contributed by atoms with van der Waals surface area (Å²) in [7, 11) is 0. The summed E-state index contributed by atoms with van der Waals surface area (Å²) in [5.74, 6) is 2.51. The van der Waals surface area contributed by atoms with Gasteiger partial charge in [-0.3, -0.25) is 4.79 Å². The van der Waals surface area contributed by atoms with Crippen LogP contribution in [-0.2, 0) is 4.79 Å². The zero-order valence-corrected chi connectivity index (χ0v) is 15.3.